The van der Waals surface area contributed by atoms with E-state index in [0.29, 0.717) is 6.04 Å². The van der Waals surface area contributed by atoms with Crippen molar-refractivity contribution in [3.63, 3.8) is 0 Å². The van der Waals surface area contributed by atoms with Crippen molar-refractivity contribution in [2.24, 2.45) is 0 Å². The van der Waals surface area contributed by atoms with E-state index < -0.39 is 0 Å². The normalized spacial score (nSPS) is 19.8. The molecule has 0 radical (unpaired) electrons. The highest BCUT2D eigenvalue weighted by atomic mass is 16.1. The molecule has 1 atom stereocenters. The van der Waals surface area contributed by atoms with Gasteiger partial charge in [0.05, 0.1) is 11.2 Å². The minimum Gasteiger partial charge on any atom is -0.326 e. The number of rotatable bonds is 4. The molecule has 160 valence electrons. The summed E-state index contributed by atoms with van der Waals surface area (Å²) >= 11 is 0. The number of nitrogens with zero attached hydrogens (tertiary/aromatic N) is 3. The molecule has 5 nitrogen and oxygen atoms in total. The minimum atomic E-state index is -0.0548. The van der Waals surface area contributed by atoms with Gasteiger partial charge in [0.25, 0.3) is 0 Å². The lowest BCUT2D eigenvalue weighted by molar-refractivity contribution is -0.114. The predicted octanol–water partition coefficient (Wildman–Crippen LogP) is 4.22. The highest BCUT2D eigenvalue weighted by molar-refractivity contribution is 5.92. The van der Waals surface area contributed by atoms with E-state index in [4.69, 9.17) is 4.98 Å². The second-order valence-electron chi connectivity index (χ2n) is 8.91. The summed E-state index contributed by atoms with van der Waals surface area (Å²) in [5.41, 5.74) is 5.93. The van der Waals surface area contributed by atoms with E-state index in [2.05, 4.69) is 51.5 Å². The van der Waals surface area contributed by atoms with Crippen LogP contribution in [-0.2, 0) is 24.3 Å². The topological polar surface area (TPSA) is 48.5 Å². The molecule has 2 aliphatic heterocycles. The lowest BCUT2D eigenvalue weighted by Gasteiger charge is -2.41. The first-order valence-corrected chi connectivity index (χ1v) is 11.3. The number of anilines is 1. The maximum absolute atomic E-state index is 11.3. The van der Waals surface area contributed by atoms with E-state index in [9.17, 15) is 4.79 Å². The largest absolute Gasteiger partial charge is 0.326 e. The van der Waals surface area contributed by atoms with Crippen LogP contribution >= 0.6 is 0 Å². The van der Waals surface area contributed by atoms with E-state index >= 15 is 0 Å². The number of hydrogen-bond acceptors (Lipinski definition) is 4. The van der Waals surface area contributed by atoms with Gasteiger partial charge in [0.1, 0.15) is 0 Å². The summed E-state index contributed by atoms with van der Waals surface area (Å²) in [6.07, 6.45) is 3.70. The Kier molecular flexibility index (Phi) is 5.70. The molecule has 0 unspecified atom stereocenters. The van der Waals surface area contributed by atoms with Crippen LogP contribution in [0.2, 0.25) is 0 Å². The van der Waals surface area contributed by atoms with Crippen molar-refractivity contribution >= 4 is 22.5 Å². The maximum Gasteiger partial charge on any atom is 0.221 e. The van der Waals surface area contributed by atoms with Crippen LogP contribution in [0.1, 0.15) is 36.6 Å². The number of carbonyl (C=O) groups is 1. The van der Waals surface area contributed by atoms with Gasteiger partial charge in [-0.25, -0.2) is 0 Å². The molecule has 5 heteroatoms. The Morgan fingerprint density at radius 1 is 1.10 bits per heavy atom. The van der Waals surface area contributed by atoms with Crippen molar-refractivity contribution in [3.8, 4) is 0 Å². The molecule has 31 heavy (non-hydrogen) atoms. The van der Waals surface area contributed by atoms with Crippen molar-refractivity contribution in [2.45, 2.75) is 45.3 Å². The Bertz CT molecular complexity index is 1100. The molecule has 1 amide bonds. The number of fused-ring (bicyclic) bond motifs is 2. The van der Waals surface area contributed by atoms with Gasteiger partial charge in [0, 0.05) is 50.2 Å². The molecule has 3 aromatic rings. The number of pyridine rings is 1. The highest BCUT2D eigenvalue weighted by Crippen LogP contribution is 2.25. The summed E-state index contributed by atoms with van der Waals surface area (Å²) in [5.74, 6) is -0.0548. The second kappa shape index (κ2) is 8.77. The van der Waals surface area contributed by atoms with Gasteiger partial charge < -0.3 is 5.32 Å². The van der Waals surface area contributed by atoms with Gasteiger partial charge in [0.2, 0.25) is 5.91 Å². The number of hydrogen-bond donors (Lipinski definition) is 1. The standard InChI is InChI=1S/C26H30N4O/c1-19(31)27-23-10-11-26-21(15-23)8-9-24(28-26)17-29-13-4-7-25(18-29)30-14-12-20-5-2-3-6-22(20)16-30/h2-3,5-6,8-11,15,25H,4,7,12-14,16-18H2,1H3,(H,27,31)/t25-/m0/s1. The van der Waals surface area contributed by atoms with E-state index in [0.717, 1.165) is 48.5 Å². The van der Waals surface area contributed by atoms with E-state index in [1.807, 2.05) is 18.2 Å². The number of amides is 1. The Balaban J connectivity index is 1.25. The summed E-state index contributed by atoms with van der Waals surface area (Å²) in [5, 5.41) is 3.89. The number of nitrogens with one attached hydrogen (secondary N) is 1. The van der Waals surface area contributed by atoms with Crippen molar-refractivity contribution in [1.82, 2.24) is 14.8 Å². The fraction of sp³-hybridized carbons (Fsp3) is 0.385. The summed E-state index contributed by atoms with van der Waals surface area (Å²) in [6.45, 7) is 6.93. The summed E-state index contributed by atoms with van der Waals surface area (Å²) < 4.78 is 0. The average Bonchev–Trinajstić information content (AvgIpc) is 2.78. The van der Waals surface area contributed by atoms with Crippen LogP contribution < -0.4 is 5.32 Å². The summed E-state index contributed by atoms with van der Waals surface area (Å²) in [7, 11) is 0. The first-order valence-electron chi connectivity index (χ1n) is 11.3. The third kappa shape index (κ3) is 4.63. The van der Waals surface area contributed by atoms with Crippen LogP contribution in [0.4, 0.5) is 5.69 Å². The van der Waals surface area contributed by atoms with Gasteiger partial charge >= 0.3 is 0 Å². The van der Waals surface area contributed by atoms with Crippen molar-refractivity contribution in [2.75, 3.05) is 25.0 Å². The number of benzene rings is 2. The van der Waals surface area contributed by atoms with Gasteiger partial charge in [-0.3, -0.25) is 19.6 Å². The first kappa shape index (κ1) is 20.2. The van der Waals surface area contributed by atoms with Gasteiger partial charge in [-0.15, -0.1) is 0 Å². The summed E-state index contributed by atoms with van der Waals surface area (Å²) in [4.78, 5) is 21.4. The molecule has 1 fully saturated rings. The SMILES string of the molecule is CC(=O)Nc1ccc2nc(CN3CCC[C@H](N4CCc5ccccc5C4)C3)ccc2c1. The smallest absolute Gasteiger partial charge is 0.221 e. The molecule has 0 bridgehead atoms. The molecule has 5 rings (SSSR count). The molecule has 0 saturated carbocycles. The van der Waals surface area contributed by atoms with E-state index in [-0.39, 0.29) is 5.91 Å². The molecule has 2 aromatic carbocycles. The third-order valence-corrected chi connectivity index (χ3v) is 6.61. The number of piperidine rings is 1. The van der Waals surface area contributed by atoms with Crippen LogP contribution in [0.25, 0.3) is 10.9 Å². The number of aromatic nitrogens is 1. The zero-order valence-electron chi connectivity index (χ0n) is 18.2. The van der Waals surface area contributed by atoms with Crippen LogP contribution in [0, 0.1) is 0 Å². The lowest BCUT2D eigenvalue weighted by Crippen LogP contribution is -2.49. The molecule has 2 aliphatic rings. The maximum atomic E-state index is 11.3. The fourth-order valence-corrected chi connectivity index (χ4v) is 5.07. The summed E-state index contributed by atoms with van der Waals surface area (Å²) in [6, 6.07) is 19.7. The van der Waals surface area contributed by atoms with Crippen LogP contribution in [0.3, 0.4) is 0 Å². The zero-order valence-corrected chi connectivity index (χ0v) is 18.2. The van der Waals surface area contributed by atoms with E-state index in [1.54, 1.807) is 0 Å². The van der Waals surface area contributed by atoms with Crippen molar-refractivity contribution in [3.05, 3.63) is 71.4 Å². The van der Waals surface area contributed by atoms with E-state index in [1.165, 1.54) is 43.9 Å². The Labute approximate surface area is 184 Å². The number of carbonyl (C=O) groups excluding carboxylic acids is 1. The van der Waals surface area contributed by atoms with Crippen molar-refractivity contribution in [1.29, 1.82) is 0 Å². The van der Waals surface area contributed by atoms with Gasteiger partial charge in [-0.05, 0) is 61.2 Å². The monoisotopic (exact) mass is 414 g/mol. The molecular weight excluding hydrogens is 384 g/mol. The molecule has 1 saturated heterocycles. The molecule has 3 heterocycles. The molecule has 1 aromatic heterocycles. The molecule has 0 aliphatic carbocycles. The third-order valence-electron chi connectivity index (χ3n) is 6.61. The Morgan fingerprint density at radius 2 is 1.97 bits per heavy atom. The van der Waals surface area contributed by atoms with Crippen molar-refractivity contribution < 1.29 is 4.79 Å². The molecular formula is C26H30N4O. The minimum absolute atomic E-state index is 0.0548. The number of likely N-dealkylation sites (tertiary alicyclic amines) is 1. The highest BCUT2D eigenvalue weighted by Gasteiger charge is 2.28. The predicted molar refractivity (Wildman–Crippen MR) is 125 cm³/mol. The molecule has 1 N–H and O–H groups in total. The van der Waals surface area contributed by atoms with Gasteiger partial charge in [-0.2, -0.15) is 0 Å². The van der Waals surface area contributed by atoms with Crippen LogP contribution in [0.5, 0.6) is 0 Å². The van der Waals surface area contributed by atoms with Gasteiger partial charge in [-0.1, -0.05) is 30.3 Å². The Morgan fingerprint density at radius 3 is 2.84 bits per heavy atom. The first-order chi connectivity index (χ1) is 15.1. The Hall–Kier alpha value is -2.76. The zero-order chi connectivity index (χ0) is 21.2. The van der Waals surface area contributed by atoms with Gasteiger partial charge in [0.15, 0.2) is 0 Å². The molecule has 0 spiro atoms. The fourth-order valence-electron chi connectivity index (χ4n) is 5.07. The average molecular weight is 415 g/mol. The second-order valence-corrected chi connectivity index (χ2v) is 8.91. The quantitative estimate of drug-likeness (QED) is 0.695. The lowest BCUT2D eigenvalue weighted by atomic mass is 9.96. The van der Waals surface area contributed by atoms with Crippen LogP contribution in [0.15, 0.2) is 54.6 Å². The van der Waals surface area contributed by atoms with Crippen LogP contribution in [-0.4, -0.2) is 46.4 Å².